The minimum absolute atomic E-state index is 0.108. The number of hydrogen-bond acceptors (Lipinski definition) is 3. The van der Waals surface area contributed by atoms with Crippen LogP contribution in [0.2, 0.25) is 0 Å². The molecule has 0 radical (unpaired) electrons. The highest BCUT2D eigenvalue weighted by molar-refractivity contribution is 6.07. The second kappa shape index (κ2) is 6.05. The maximum absolute atomic E-state index is 12.8. The van der Waals surface area contributed by atoms with E-state index in [2.05, 4.69) is 27.0 Å². The highest BCUT2D eigenvalue weighted by Crippen LogP contribution is 2.22. The van der Waals surface area contributed by atoms with Crippen LogP contribution in [-0.4, -0.2) is 25.1 Å². The van der Waals surface area contributed by atoms with Crippen LogP contribution in [0.15, 0.2) is 54.9 Å². The zero-order valence-corrected chi connectivity index (χ0v) is 14.2. The van der Waals surface area contributed by atoms with E-state index in [1.165, 1.54) is 0 Å². The molecule has 4 rings (SSSR count). The van der Waals surface area contributed by atoms with Gasteiger partial charge in [-0.25, -0.2) is 0 Å². The number of nitrogens with zero attached hydrogens (tertiary/aromatic N) is 4. The standard InChI is InChI=1S/C19H19N5O/c1-3-23-12-15(14-8-4-5-9-16(14)23)19(25)20-13(2)18-22-21-17-10-6-7-11-24(17)18/h4-13H,3H2,1-2H3,(H,20,25)/t13-/m0/s1. The van der Waals surface area contributed by atoms with Gasteiger partial charge in [-0.3, -0.25) is 9.20 Å². The Hall–Kier alpha value is -3.15. The van der Waals surface area contributed by atoms with E-state index in [4.69, 9.17) is 0 Å². The summed E-state index contributed by atoms with van der Waals surface area (Å²) in [5.41, 5.74) is 2.51. The van der Waals surface area contributed by atoms with Gasteiger partial charge in [0.2, 0.25) is 0 Å². The molecule has 1 amide bonds. The Morgan fingerprint density at radius 2 is 1.96 bits per heavy atom. The van der Waals surface area contributed by atoms with E-state index in [1.807, 2.05) is 66.2 Å². The molecule has 0 spiro atoms. The quantitative estimate of drug-likeness (QED) is 0.624. The van der Waals surface area contributed by atoms with E-state index >= 15 is 0 Å². The summed E-state index contributed by atoms with van der Waals surface area (Å²) in [5, 5.41) is 12.4. The van der Waals surface area contributed by atoms with Crippen molar-refractivity contribution in [1.82, 2.24) is 24.5 Å². The first-order chi connectivity index (χ1) is 12.2. The summed E-state index contributed by atoms with van der Waals surface area (Å²) in [6, 6.07) is 13.4. The Balaban J connectivity index is 1.66. The van der Waals surface area contributed by atoms with Gasteiger partial charge in [0, 0.05) is 29.8 Å². The van der Waals surface area contributed by atoms with Crippen molar-refractivity contribution in [3.05, 3.63) is 66.2 Å². The second-order valence-corrected chi connectivity index (χ2v) is 6.03. The van der Waals surface area contributed by atoms with Gasteiger partial charge in [-0.2, -0.15) is 0 Å². The number of carbonyl (C=O) groups excluding carboxylic acids is 1. The molecule has 0 bridgehead atoms. The number of para-hydroxylation sites is 1. The van der Waals surface area contributed by atoms with Gasteiger partial charge in [0.25, 0.3) is 5.91 Å². The van der Waals surface area contributed by atoms with Gasteiger partial charge in [-0.15, -0.1) is 10.2 Å². The number of hydrogen-bond donors (Lipinski definition) is 1. The molecule has 3 aromatic heterocycles. The van der Waals surface area contributed by atoms with Crippen LogP contribution in [-0.2, 0) is 6.54 Å². The van der Waals surface area contributed by atoms with Crippen LogP contribution >= 0.6 is 0 Å². The predicted octanol–water partition coefficient (Wildman–Crippen LogP) is 3.19. The molecule has 25 heavy (non-hydrogen) atoms. The summed E-state index contributed by atoms with van der Waals surface area (Å²) in [4.78, 5) is 12.8. The number of nitrogens with one attached hydrogen (secondary N) is 1. The predicted molar refractivity (Wildman–Crippen MR) is 96.5 cm³/mol. The van der Waals surface area contributed by atoms with E-state index in [0.717, 1.165) is 23.1 Å². The summed E-state index contributed by atoms with van der Waals surface area (Å²) in [6.07, 6.45) is 3.81. The summed E-state index contributed by atoms with van der Waals surface area (Å²) in [5.74, 6) is 0.603. The molecular weight excluding hydrogens is 314 g/mol. The average Bonchev–Trinajstić information content (AvgIpc) is 3.23. The molecule has 0 fully saturated rings. The molecule has 0 saturated carbocycles. The minimum Gasteiger partial charge on any atom is -0.347 e. The van der Waals surface area contributed by atoms with Crippen molar-refractivity contribution >= 4 is 22.5 Å². The van der Waals surface area contributed by atoms with Crippen molar-refractivity contribution in [1.29, 1.82) is 0 Å². The largest absolute Gasteiger partial charge is 0.347 e. The van der Waals surface area contributed by atoms with Crippen molar-refractivity contribution in [2.75, 3.05) is 0 Å². The van der Waals surface area contributed by atoms with E-state index in [-0.39, 0.29) is 11.9 Å². The molecule has 1 atom stereocenters. The fraction of sp³-hybridized carbons (Fsp3) is 0.211. The van der Waals surface area contributed by atoms with Gasteiger partial charge >= 0.3 is 0 Å². The van der Waals surface area contributed by atoms with E-state index in [0.29, 0.717) is 11.4 Å². The zero-order chi connectivity index (χ0) is 17.4. The van der Waals surface area contributed by atoms with Crippen LogP contribution in [0.3, 0.4) is 0 Å². The molecule has 0 unspecified atom stereocenters. The number of carbonyl (C=O) groups is 1. The number of fused-ring (bicyclic) bond motifs is 2. The molecular formula is C19H19N5O. The summed E-state index contributed by atoms with van der Waals surface area (Å²) < 4.78 is 3.97. The Morgan fingerprint density at radius 3 is 2.80 bits per heavy atom. The van der Waals surface area contributed by atoms with Crippen molar-refractivity contribution < 1.29 is 4.79 Å². The summed E-state index contributed by atoms with van der Waals surface area (Å²) >= 11 is 0. The fourth-order valence-corrected chi connectivity index (χ4v) is 3.18. The summed E-state index contributed by atoms with van der Waals surface area (Å²) in [7, 11) is 0. The fourth-order valence-electron chi connectivity index (χ4n) is 3.18. The molecule has 126 valence electrons. The smallest absolute Gasteiger partial charge is 0.254 e. The van der Waals surface area contributed by atoms with Gasteiger partial charge in [-0.05, 0) is 32.0 Å². The highest BCUT2D eigenvalue weighted by Gasteiger charge is 2.19. The van der Waals surface area contributed by atoms with Crippen LogP contribution in [0.1, 0.15) is 36.1 Å². The number of aryl methyl sites for hydroxylation is 1. The molecule has 0 saturated heterocycles. The Morgan fingerprint density at radius 1 is 1.16 bits per heavy atom. The zero-order valence-electron chi connectivity index (χ0n) is 14.2. The third kappa shape index (κ3) is 2.55. The molecule has 6 heteroatoms. The average molecular weight is 333 g/mol. The van der Waals surface area contributed by atoms with Crippen molar-refractivity contribution in [2.45, 2.75) is 26.4 Å². The first kappa shape index (κ1) is 15.4. The van der Waals surface area contributed by atoms with E-state index in [9.17, 15) is 4.79 Å². The second-order valence-electron chi connectivity index (χ2n) is 6.03. The van der Waals surface area contributed by atoms with Crippen molar-refractivity contribution in [3.8, 4) is 0 Å². The van der Waals surface area contributed by atoms with Crippen LogP contribution in [0.5, 0.6) is 0 Å². The topological polar surface area (TPSA) is 64.2 Å². The van der Waals surface area contributed by atoms with Crippen molar-refractivity contribution in [2.24, 2.45) is 0 Å². The number of amides is 1. The molecule has 1 aromatic carbocycles. The van der Waals surface area contributed by atoms with Crippen LogP contribution in [0, 0.1) is 0 Å². The van der Waals surface area contributed by atoms with Gasteiger partial charge in [-0.1, -0.05) is 24.3 Å². The van der Waals surface area contributed by atoms with Gasteiger partial charge in [0.05, 0.1) is 11.6 Å². The Bertz CT molecular complexity index is 1060. The number of rotatable bonds is 4. The summed E-state index contributed by atoms with van der Waals surface area (Å²) in [6.45, 7) is 4.80. The SMILES string of the molecule is CCn1cc(C(=O)N[C@@H](C)c2nnc3ccccn23)c2ccccc21. The first-order valence-electron chi connectivity index (χ1n) is 8.37. The van der Waals surface area contributed by atoms with Gasteiger partial charge in [0.1, 0.15) is 0 Å². The van der Waals surface area contributed by atoms with Crippen molar-refractivity contribution in [3.63, 3.8) is 0 Å². The maximum Gasteiger partial charge on any atom is 0.254 e. The minimum atomic E-state index is -0.256. The lowest BCUT2D eigenvalue weighted by atomic mass is 10.1. The maximum atomic E-state index is 12.8. The van der Waals surface area contributed by atoms with E-state index in [1.54, 1.807) is 0 Å². The van der Waals surface area contributed by atoms with E-state index < -0.39 is 0 Å². The van der Waals surface area contributed by atoms with Gasteiger partial charge in [0.15, 0.2) is 11.5 Å². The lowest BCUT2D eigenvalue weighted by Gasteiger charge is -2.12. The molecule has 0 aliphatic carbocycles. The molecule has 1 N–H and O–H groups in total. The lowest BCUT2D eigenvalue weighted by molar-refractivity contribution is 0.0939. The molecule has 0 aliphatic heterocycles. The number of pyridine rings is 1. The lowest BCUT2D eigenvalue weighted by Crippen LogP contribution is -2.27. The number of benzene rings is 1. The molecule has 3 heterocycles. The first-order valence-corrected chi connectivity index (χ1v) is 8.37. The third-order valence-corrected chi connectivity index (χ3v) is 4.45. The highest BCUT2D eigenvalue weighted by atomic mass is 16.1. The van der Waals surface area contributed by atoms with Gasteiger partial charge < -0.3 is 9.88 Å². The monoisotopic (exact) mass is 333 g/mol. The Kier molecular flexibility index (Phi) is 3.72. The normalized spacial score (nSPS) is 12.6. The molecule has 0 aliphatic rings. The Labute approximate surface area is 145 Å². The molecule has 4 aromatic rings. The van der Waals surface area contributed by atoms with Crippen LogP contribution in [0.4, 0.5) is 0 Å². The third-order valence-electron chi connectivity index (χ3n) is 4.45. The van der Waals surface area contributed by atoms with Crippen LogP contribution < -0.4 is 5.32 Å². The molecule has 6 nitrogen and oxygen atoms in total. The number of aromatic nitrogens is 4. The van der Waals surface area contributed by atoms with Crippen LogP contribution in [0.25, 0.3) is 16.6 Å².